The van der Waals surface area contributed by atoms with E-state index in [4.69, 9.17) is 18.0 Å². The van der Waals surface area contributed by atoms with Gasteiger partial charge in [-0.3, -0.25) is 0 Å². The molecular weight excluding hydrogens is 210 g/mol. The summed E-state index contributed by atoms with van der Waals surface area (Å²) in [5.41, 5.74) is 5.28. The maximum absolute atomic E-state index is 11.5. The van der Waals surface area contributed by atoms with Gasteiger partial charge in [-0.25, -0.2) is 4.79 Å². The topological polar surface area (TPSA) is 67.2 Å². The van der Waals surface area contributed by atoms with Crippen LogP contribution in [0.5, 0.6) is 0 Å². The van der Waals surface area contributed by atoms with Crippen LogP contribution in [0.3, 0.4) is 0 Å². The fourth-order valence-corrected chi connectivity index (χ4v) is 2.27. The Kier molecular flexibility index (Phi) is 4.32. The SMILES string of the molecule is CCNC(=O)NC1(C(N)=S)CCCCC1. The Morgan fingerprint density at radius 2 is 2.00 bits per heavy atom. The highest BCUT2D eigenvalue weighted by atomic mass is 32.1. The Labute approximate surface area is 96.0 Å². The molecule has 1 aliphatic rings. The van der Waals surface area contributed by atoms with Crippen molar-refractivity contribution in [3.05, 3.63) is 0 Å². The van der Waals surface area contributed by atoms with Crippen LogP contribution in [0, 0.1) is 0 Å². The number of carbonyl (C=O) groups is 1. The van der Waals surface area contributed by atoms with Crippen molar-refractivity contribution >= 4 is 23.2 Å². The lowest BCUT2D eigenvalue weighted by Crippen LogP contribution is -2.59. The minimum atomic E-state index is -0.452. The summed E-state index contributed by atoms with van der Waals surface area (Å²) in [4.78, 5) is 11.9. The standard InChI is InChI=1S/C10H19N3OS/c1-2-12-9(14)13-10(8(11)15)6-4-3-5-7-10/h2-7H2,1H3,(H2,11,15)(H2,12,13,14). The summed E-state index contributed by atoms with van der Waals surface area (Å²) in [5, 5.41) is 5.62. The largest absolute Gasteiger partial charge is 0.391 e. The first-order valence-electron chi connectivity index (χ1n) is 5.46. The first kappa shape index (κ1) is 12.2. The molecule has 0 aromatic rings. The molecule has 0 atom stereocenters. The zero-order valence-corrected chi connectivity index (χ0v) is 9.95. The van der Waals surface area contributed by atoms with E-state index in [1.807, 2.05) is 6.92 Å². The van der Waals surface area contributed by atoms with Crippen LogP contribution < -0.4 is 16.4 Å². The van der Waals surface area contributed by atoms with Crippen molar-refractivity contribution in [2.24, 2.45) is 5.73 Å². The third-order valence-corrected chi connectivity index (χ3v) is 3.26. The summed E-state index contributed by atoms with van der Waals surface area (Å²) in [6.07, 6.45) is 5.06. The Balaban J connectivity index is 2.64. The minimum Gasteiger partial charge on any atom is -0.391 e. The number of nitrogens with two attached hydrogens (primary N) is 1. The van der Waals surface area contributed by atoms with E-state index in [2.05, 4.69) is 10.6 Å². The molecule has 1 aliphatic carbocycles. The molecule has 0 bridgehead atoms. The van der Waals surface area contributed by atoms with Gasteiger partial charge in [-0.15, -0.1) is 0 Å². The third kappa shape index (κ3) is 3.06. The lowest BCUT2D eigenvalue weighted by molar-refractivity contribution is 0.225. The highest BCUT2D eigenvalue weighted by Crippen LogP contribution is 2.28. The molecule has 0 radical (unpaired) electrons. The van der Waals surface area contributed by atoms with Gasteiger partial charge in [0.1, 0.15) is 0 Å². The van der Waals surface area contributed by atoms with Gasteiger partial charge in [-0.2, -0.15) is 0 Å². The van der Waals surface area contributed by atoms with E-state index >= 15 is 0 Å². The van der Waals surface area contributed by atoms with E-state index in [1.54, 1.807) is 0 Å². The average molecular weight is 229 g/mol. The summed E-state index contributed by atoms with van der Waals surface area (Å²) < 4.78 is 0. The van der Waals surface area contributed by atoms with E-state index in [-0.39, 0.29) is 6.03 Å². The van der Waals surface area contributed by atoms with E-state index in [0.29, 0.717) is 11.5 Å². The van der Waals surface area contributed by atoms with Gasteiger partial charge in [0.25, 0.3) is 0 Å². The zero-order valence-electron chi connectivity index (χ0n) is 9.14. The van der Waals surface area contributed by atoms with Crippen LogP contribution in [0.4, 0.5) is 4.79 Å². The molecule has 4 nitrogen and oxygen atoms in total. The van der Waals surface area contributed by atoms with Gasteiger partial charge in [0.15, 0.2) is 0 Å². The quantitative estimate of drug-likeness (QED) is 0.639. The molecule has 1 rings (SSSR count). The molecule has 15 heavy (non-hydrogen) atoms. The number of carbonyl (C=O) groups excluding carboxylic acids is 1. The highest BCUT2D eigenvalue weighted by molar-refractivity contribution is 7.80. The summed E-state index contributed by atoms with van der Waals surface area (Å²) in [6, 6.07) is -0.174. The smallest absolute Gasteiger partial charge is 0.315 e. The van der Waals surface area contributed by atoms with E-state index < -0.39 is 5.54 Å². The summed E-state index contributed by atoms with van der Waals surface area (Å²) in [5.74, 6) is 0. The molecule has 1 fully saturated rings. The number of amides is 2. The molecule has 4 N–H and O–H groups in total. The van der Waals surface area contributed by atoms with Crippen LogP contribution in [0.25, 0.3) is 0 Å². The first-order chi connectivity index (χ1) is 7.10. The van der Waals surface area contributed by atoms with Gasteiger partial charge < -0.3 is 16.4 Å². The molecule has 0 saturated heterocycles. The number of hydrogen-bond acceptors (Lipinski definition) is 2. The van der Waals surface area contributed by atoms with Crippen LogP contribution in [-0.4, -0.2) is 23.1 Å². The normalized spacial score (nSPS) is 19.3. The second-order valence-corrected chi connectivity index (χ2v) is 4.43. The molecule has 0 unspecified atom stereocenters. The van der Waals surface area contributed by atoms with Crippen molar-refractivity contribution in [3.8, 4) is 0 Å². The highest BCUT2D eigenvalue weighted by Gasteiger charge is 2.36. The van der Waals surface area contributed by atoms with Gasteiger partial charge in [-0.1, -0.05) is 31.5 Å². The number of urea groups is 1. The summed E-state index contributed by atoms with van der Waals surface area (Å²) in [6.45, 7) is 2.49. The molecule has 0 heterocycles. The monoisotopic (exact) mass is 229 g/mol. The first-order valence-corrected chi connectivity index (χ1v) is 5.87. The predicted octanol–water partition coefficient (Wildman–Crippen LogP) is 1.29. The average Bonchev–Trinajstić information content (AvgIpc) is 2.19. The summed E-state index contributed by atoms with van der Waals surface area (Å²) in [7, 11) is 0. The maximum Gasteiger partial charge on any atom is 0.315 e. The van der Waals surface area contributed by atoms with Crippen LogP contribution in [-0.2, 0) is 0 Å². The molecule has 86 valence electrons. The molecular formula is C10H19N3OS. The van der Waals surface area contributed by atoms with Crippen molar-refractivity contribution in [3.63, 3.8) is 0 Å². The maximum atomic E-state index is 11.5. The number of hydrogen-bond donors (Lipinski definition) is 3. The zero-order chi connectivity index (χ0) is 11.3. The van der Waals surface area contributed by atoms with Crippen LogP contribution in [0.2, 0.25) is 0 Å². The van der Waals surface area contributed by atoms with Crippen molar-refractivity contribution in [2.75, 3.05) is 6.54 Å². The Bertz CT molecular complexity index is 249. The fourth-order valence-electron chi connectivity index (χ4n) is 2.01. The molecule has 0 aromatic heterocycles. The molecule has 5 heteroatoms. The van der Waals surface area contributed by atoms with Gasteiger partial charge in [-0.05, 0) is 19.8 Å². The molecule has 0 aliphatic heterocycles. The van der Waals surface area contributed by atoms with Gasteiger partial charge in [0.2, 0.25) is 0 Å². The second kappa shape index (κ2) is 5.30. The van der Waals surface area contributed by atoms with E-state index in [1.165, 1.54) is 6.42 Å². The van der Waals surface area contributed by atoms with Crippen LogP contribution in [0.15, 0.2) is 0 Å². The molecule has 2 amide bonds. The molecule has 0 spiro atoms. The predicted molar refractivity (Wildman–Crippen MR) is 64.8 cm³/mol. The van der Waals surface area contributed by atoms with Gasteiger partial charge in [0.05, 0.1) is 10.5 Å². The Morgan fingerprint density at radius 3 is 2.47 bits per heavy atom. The third-order valence-electron chi connectivity index (χ3n) is 2.87. The molecule has 1 saturated carbocycles. The fraction of sp³-hybridized carbons (Fsp3) is 0.800. The van der Waals surface area contributed by atoms with Crippen LogP contribution >= 0.6 is 12.2 Å². The summed E-state index contributed by atoms with van der Waals surface area (Å²) >= 11 is 5.07. The van der Waals surface area contributed by atoms with Gasteiger partial charge >= 0.3 is 6.03 Å². The Morgan fingerprint density at radius 1 is 1.40 bits per heavy atom. The van der Waals surface area contributed by atoms with Crippen molar-refractivity contribution in [1.29, 1.82) is 0 Å². The number of thiocarbonyl (C=S) groups is 1. The lowest BCUT2D eigenvalue weighted by Gasteiger charge is -2.37. The van der Waals surface area contributed by atoms with Crippen molar-refractivity contribution in [2.45, 2.75) is 44.6 Å². The van der Waals surface area contributed by atoms with Gasteiger partial charge in [0, 0.05) is 6.54 Å². The molecule has 0 aromatic carbocycles. The Hall–Kier alpha value is -0.840. The number of nitrogens with one attached hydrogen (secondary N) is 2. The van der Waals surface area contributed by atoms with E-state index in [9.17, 15) is 4.79 Å². The van der Waals surface area contributed by atoms with Crippen molar-refractivity contribution in [1.82, 2.24) is 10.6 Å². The number of rotatable bonds is 3. The minimum absolute atomic E-state index is 0.174. The van der Waals surface area contributed by atoms with E-state index in [0.717, 1.165) is 25.7 Å². The van der Waals surface area contributed by atoms with Crippen LogP contribution in [0.1, 0.15) is 39.0 Å². The second-order valence-electron chi connectivity index (χ2n) is 3.99. The lowest BCUT2D eigenvalue weighted by atomic mass is 9.81. The van der Waals surface area contributed by atoms with Crippen molar-refractivity contribution < 1.29 is 4.79 Å².